The van der Waals surface area contributed by atoms with Crippen molar-refractivity contribution in [3.63, 3.8) is 0 Å². The van der Waals surface area contributed by atoms with Crippen LogP contribution in [0.2, 0.25) is 0 Å². The minimum atomic E-state index is -0.0185. The number of carbonyl (C=O) groups excluding carboxylic acids is 1. The lowest BCUT2D eigenvalue weighted by atomic mass is 9.95. The van der Waals surface area contributed by atoms with Gasteiger partial charge in [0.1, 0.15) is 5.75 Å². The van der Waals surface area contributed by atoms with Crippen LogP contribution in [0.1, 0.15) is 32.1 Å². The lowest BCUT2D eigenvalue weighted by Gasteiger charge is -2.22. The topological polar surface area (TPSA) is 38.3 Å². The van der Waals surface area contributed by atoms with E-state index in [0.717, 1.165) is 24.0 Å². The van der Waals surface area contributed by atoms with Crippen LogP contribution in [-0.4, -0.2) is 18.6 Å². The van der Waals surface area contributed by atoms with Gasteiger partial charge in [-0.1, -0.05) is 49.6 Å². The summed E-state index contributed by atoms with van der Waals surface area (Å²) in [6, 6.07) is 14.4. The summed E-state index contributed by atoms with van der Waals surface area (Å²) in [5.74, 6) is 0.725. The van der Waals surface area contributed by atoms with Crippen LogP contribution in [0.3, 0.4) is 0 Å². The number of amides is 1. The van der Waals surface area contributed by atoms with E-state index in [-0.39, 0.29) is 12.5 Å². The van der Waals surface area contributed by atoms with Gasteiger partial charge in [0.25, 0.3) is 5.91 Å². The lowest BCUT2D eigenvalue weighted by molar-refractivity contribution is -0.124. The van der Waals surface area contributed by atoms with Crippen LogP contribution >= 0.6 is 0 Å². The second-order valence-electron chi connectivity index (χ2n) is 5.70. The van der Waals surface area contributed by atoms with Crippen molar-refractivity contribution in [3.05, 3.63) is 42.5 Å². The van der Waals surface area contributed by atoms with Crippen molar-refractivity contribution in [1.29, 1.82) is 0 Å². The molecule has 0 aliphatic heterocycles. The number of nitrogens with one attached hydrogen (secondary N) is 1. The molecule has 0 bridgehead atoms. The van der Waals surface area contributed by atoms with Crippen molar-refractivity contribution in [2.24, 2.45) is 0 Å². The largest absolute Gasteiger partial charge is 0.484 e. The van der Waals surface area contributed by atoms with Crippen molar-refractivity contribution in [3.8, 4) is 5.75 Å². The molecule has 2 aromatic rings. The van der Waals surface area contributed by atoms with Gasteiger partial charge in [0.05, 0.1) is 0 Å². The van der Waals surface area contributed by atoms with E-state index in [0.29, 0.717) is 6.04 Å². The number of rotatable bonds is 4. The molecule has 1 amide bonds. The number of hydrogen-bond donors (Lipinski definition) is 1. The second-order valence-corrected chi connectivity index (χ2v) is 5.70. The van der Waals surface area contributed by atoms with Gasteiger partial charge in [0.15, 0.2) is 6.61 Å². The zero-order valence-corrected chi connectivity index (χ0v) is 12.2. The van der Waals surface area contributed by atoms with Gasteiger partial charge in [-0.3, -0.25) is 4.79 Å². The molecule has 110 valence electrons. The Labute approximate surface area is 125 Å². The average Bonchev–Trinajstić information content (AvgIpc) is 2.54. The highest BCUT2D eigenvalue weighted by atomic mass is 16.5. The van der Waals surface area contributed by atoms with Crippen LogP contribution in [-0.2, 0) is 4.79 Å². The standard InChI is InChI=1S/C18H21NO2/c20-18(19-16-8-2-1-3-9-16)13-21-17-11-10-14-6-4-5-7-15(14)12-17/h4-7,10-12,16H,1-3,8-9,13H2,(H,19,20). The fraction of sp³-hybridized carbons (Fsp3) is 0.389. The van der Waals surface area contributed by atoms with Crippen LogP contribution in [0.4, 0.5) is 0 Å². The van der Waals surface area contributed by atoms with Crippen LogP contribution in [0.25, 0.3) is 10.8 Å². The highest BCUT2D eigenvalue weighted by Gasteiger charge is 2.15. The first kappa shape index (κ1) is 13.9. The molecular weight excluding hydrogens is 262 g/mol. The van der Waals surface area contributed by atoms with Gasteiger partial charge in [-0.05, 0) is 35.7 Å². The molecule has 0 radical (unpaired) electrons. The zero-order chi connectivity index (χ0) is 14.5. The summed E-state index contributed by atoms with van der Waals surface area (Å²) in [6.45, 7) is 0.0921. The predicted octanol–water partition coefficient (Wildman–Crippen LogP) is 3.67. The van der Waals surface area contributed by atoms with Gasteiger partial charge in [0.2, 0.25) is 0 Å². The van der Waals surface area contributed by atoms with E-state index in [1.54, 1.807) is 0 Å². The van der Waals surface area contributed by atoms with Crippen molar-refractivity contribution >= 4 is 16.7 Å². The predicted molar refractivity (Wildman–Crippen MR) is 84.5 cm³/mol. The molecule has 1 aliphatic rings. The minimum absolute atomic E-state index is 0.0185. The molecule has 2 aromatic carbocycles. The second kappa shape index (κ2) is 6.61. The summed E-state index contributed by atoms with van der Waals surface area (Å²) in [4.78, 5) is 11.9. The Balaban J connectivity index is 1.54. The molecular formula is C18H21NO2. The fourth-order valence-electron chi connectivity index (χ4n) is 2.92. The summed E-state index contributed by atoms with van der Waals surface area (Å²) in [6.07, 6.45) is 5.93. The summed E-state index contributed by atoms with van der Waals surface area (Å²) >= 11 is 0. The molecule has 0 heterocycles. The number of hydrogen-bond acceptors (Lipinski definition) is 2. The van der Waals surface area contributed by atoms with E-state index in [2.05, 4.69) is 11.4 Å². The van der Waals surface area contributed by atoms with Gasteiger partial charge in [-0.2, -0.15) is 0 Å². The Bertz CT molecular complexity index is 617. The number of carbonyl (C=O) groups is 1. The average molecular weight is 283 g/mol. The van der Waals surface area contributed by atoms with E-state index in [1.165, 1.54) is 24.6 Å². The summed E-state index contributed by atoms with van der Waals surface area (Å²) < 4.78 is 5.61. The van der Waals surface area contributed by atoms with E-state index < -0.39 is 0 Å². The quantitative estimate of drug-likeness (QED) is 0.929. The minimum Gasteiger partial charge on any atom is -0.484 e. The molecule has 1 N–H and O–H groups in total. The molecule has 0 atom stereocenters. The normalized spacial score (nSPS) is 15.8. The van der Waals surface area contributed by atoms with Crippen molar-refractivity contribution in [2.75, 3.05) is 6.61 Å². The molecule has 0 unspecified atom stereocenters. The van der Waals surface area contributed by atoms with Gasteiger partial charge in [0, 0.05) is 6.04 Å². The SMILES string of the molecule is O=C(COc1ccc2ccccc2c1)NC1CCCCC1. The molecule has 3 nitrogen and oxygen atoms in total. The van der Waals surface area contributed by atoms with Gasteiger partial charge in [-0.15, -0.1) is 0 Å². The molecule has 3 rings (SSSR count). The van der Waals surface area contributed by atoms with Crippen LogP contribution < -0.4 is 10.1 Å². The zero-order valence-electron chi connectivity index (χ0n) is 12.2. The Morgan fingerprint density at radius 2 is 1.81 bits per heavy atom. The Morgan fingerprint density at radius 3 is 2.62 bits per heavy atom. The maximum atomic E-state index is 11.9. The number of fused-ring (bicyclic) bond motifs is 1. The van der Waals surface area contributed by atoms with E-state index in [4.69, 9.17) is 4.74 Å². The highest BCUT2D eigenvalue weighted by molar-refractivity contribution is 5.84. The van der Waals surface area contributed by atoms with E-state index in [1.807, 2.05) is 36.4 Å². The maximum Gasteiger partial charge on any atom is 0.258 e. The number of ether oxygens (including phenoxy) is 1. The molecule has 0 spiro atoms. The Morgan fingerprint density at radius 1 is 1.05 bits per heavy atom. The van der Waals surface area contributed by atoms with Crippen molar-refractivity contribution < 1.29 is 9.53 Å². The smallest absolute Gasteiger partial charge is 0.258 e. The first-order chi connectivity index (χ1) is 10.3. The van der Waals surface area contributed by atoms with Crippen molar-refractivity contribution in [2.45, 2.75) is 38.1 Å². The maximum absolute atomic E-state index is 11.9. The van der Waals surface area contributed by atoms with Crippen molar-refractivity contribution in [1.82, 2.24) is 5.32 Å². The van der Waals surface area contributed by atoms with Crippen LogP contribution in [0, 0.1) is 0 Å². The third-order valence-electron chi connectivity index (χ3n) is 4.06. The highest BCUT2D eigenvalue weighted by Crippen LogP contribution is 2.20. The first-order valence-electron chi connectivity index (χ1n) is 7.72. The summed E-state index contributed by atoms with van der Waals surface area (Å²) in [7, 11) is 0. The number of benzene rings is 2. The van der Waals surface area contributed by atoms with Gasteiger partial charge >= 0.3 is 0 Å². The van der Waals surface area contributed by atoms with Gasteiger partial charge < -0.3 is 10.1 Å². The van der Waals surface area contributed by atoms with Crippen LogP contribution in [0.15, 0.2) is 42.5 Å². The molecule has 1 fully saturated rings. The Hall–Kier alpha value is -2.03. The molecule has 21 heavy (non-hydrogen) atoms. The lowest BCUT2D eigenvalue weighted by Crippen LogP contribution is -2.38. The van der Waals surface area contributed by atoms with Crippen LogP contribution in [0.5, 0.6) is 5.75 Å². The van der Waals surface area contributed by atoms with E-state index >= 15 is 0 Å². The summed E-state index contributed by atoms with van der Waals surface area (Å²) in [5, 5.41) is 5.37. The fourth-order valence-corrected chi connectivity index (χ4v) is 2.92. The third-order valence-corrected chi connectivity index (χ3v) is 4.06. The summed E-state index contributed by atoms with van der Waals surface area (Å²) in [5.41, 5.74) is 0. The molecule has 1 aliphatic carbocycles. The molecule has 0 aromatic heterocycles. The van der Waals surface area contributed by atoms with E-state index in [9.17, 15) is 4.79 Å². The molecule has 1 saturated carbocycles. The Kier molecular flexibility index (Phi) is 4.39. The first-order valence-corrected chi connectivity index (χ1v) is 7.72. The third kappa shape index (κ3) is 3.75. The molecule has 3 heteroatoms. The monoisotopic (exact) mass is 283 g/mol. The molecule has 0 saturated heterocycles. The van der Waals surface area contributed by atoms with Gasteiger partial charge in [-0.25, -0.2) is 0 Å².